The molecular weight excluding hydrogens is 389 g/mol. The summed E-state index contributed by atoms with van der Waals surface area (Å²) in [5, 5.41) is 2.69. The monoisotopic (exact) mass is 409 g/mol. The van der Waals surface area contributed by atoms with Gasteiger partial charge in [-0.25, -0.2) is 9.37 Å². The number of carbonyl (C=O) groups is 1. The maximum atomic E-state index is 13.4. The molecule has 3 aromatic rings. The van der Waals surface area contributed by atoms with E-state index in [2.05, 4.69) is 15.3 Å². The lowest BCUT2D eigenvalue weighted by Gasteiger charge is -2.17. The van der Waals surface area contributed by atoms with Crippen molar-refractivity contribution in [3.05, 3.63) is 81.9 Å². The zero-order valence-corrected chi connectivity index (χ0v) is 16.6. The number of nitrogens with one attached hydrogen (secondary N) is 2. The van der Waals surface area contributed by atoms with Crippen LogP contribution < -0.4 is 10.9 Å². The summed E-state index contributed by atoms with van der Waals surface area (Å²) in [6, 6.07) is 15.5. The van der Waals surface area contributed by atoms with Gasteiger partial charge < -0.3 is 10.3 Å². The van der Waals surface area contributed by atoms with Gasteiger partial charge in [0, 0.05) is 17.2 Å². The van der Waals surface area contributed by atoms with Gasteiger partial charge in [-0.3, -0.25) is 9.59 Å². The number of halogens is 1. The smallest absolute Gasteiger partial charge is 0.255 e. The van der Waals surface area contributed by atoms with Gasteiger partial charge in [-0.1, -0.05) is 54.2 Å². The molecular formula is C22H20FN3O2S. The van der Waals surface area contributed by atoms with Crippen LogP contribution in [-0.4, -0.2) is 21.9 Å². The predicted molar refractivity (Wildman–Crippen MR) is 111 cm³/mol. The third-order valence-electron chi connectivity index (χ3n) is 4.74. The first-order valence-corrected chi connectivity index (χ1v) is 10.3. The van der Waals surface area contributed by atoms with Gasteiger partial charge in [0.15, 0.2) is 5.16 Å². The molecule has 0 aliphatic heterocycles. The second-order valence-corrected chi connectivity index (χ2v) is 8.14. The van der Waals surface area contributed by atoms with Crippen molar-refractivity contribution >= 4 is 17.7 Å². The number of aromatic amines is 1. The van der Waals surface area contributed by atoms with Gasteiger partial charge >= 0.3 is 0 Å². The van der Waals surface area contributed by atoms with E-state index < -0.39 is 5.25 Å². The van der Waals surface area contributed by atoms with Crippen LogP contribution in [0.1, 0.15) is 29.2 Å². The Kier molecular flexibility index (Phi) is 5.49. The molecule has 1 aromatic heterocycles. The Morgan fingerprint density at radius 3 is 2.52 bits per heavy atom. The van der Waals surface area contributed by atoms with Gasteiger partial charge in [0.25, 0.3) is 5.56 Å². The Morgan fingerprint density at radius 1 is 1.17 bits per heavy atom. The minimum Gasteiger partial charge on any atom is -0.352 e. The highest BCUT2D eigenvalue weighted by Crippen LogP contribution is 2.35. The quantitative estimate of drug-likeness (QED) is 0.477. The number of aromatic nitrogens is 2. The number of thioether (sulfide) groups is 1. The molecule has 7 heteroatoms. The molecule has 0 spiro atoms. The fourth-order valence-corrected chi connectivity index (χ4v) is 3.96. The van der Waals surface area contributed by atoms with Crippen molar-refractivity contribution in [2.75, 3.05) is 0 Å². The Balaban J connectivity index is 1.69. The Labute approximate surface area is 171 Å². The molecule has 148 valence electrons. The van der Waals surface area contributed by atoms with E-state index in [9.17, 15) is 14.0 Å². The number of amides is 1. The topological polar surface area (TPSA) is 74.8 Å². The first-order chi connectivity index (χ1) is 14.0. The van der Waals surface area contributed by atoms with Crippen molar-refractivity contribution in [3.8, 4) is 11.3 Å². The van der Waals surface area contributed by atoms with Crippen molar-refractivity contribution in [2.24, 2.45) is 0 Å². The average Bonchev–Trinajstić information content (AvgIpc) is 3.54. The molecule has 0 radical (unpaired) electrons. The number of rotatable bonds is 6. The number of H-pyrrole nitrogens is 1. The van der Waals surface area contributed by atoms with Gasteiger partial charge in [0.1, 0.15) is 11.1 Å². The molecule has 1 amide bonds. The molecule has 0 saturated heterocycles. The average molecular weight is 409 g/mol. The predicted octanol–water partition coefficient (Wildman–Crippen LogP) is 4.00. The van der Waals surface area contributed by atoms with Crippen LogP contribution in [0.4, 0.5) is 4.39 Å². The summed E-state index contributed by atoms with van der Waals surface area (Å²) in [6.07, 6.45) is 1.93. The number of hydrogen-bond donors (Lipinski definition) is 2. The lowest BCUT2D eigenvalue weighted by Crippen LogP contribution is -2.30. The fraction of sp³-hybridized carbons (Fsp3) is 0.227. The van der Waals surface area contributed by atoms with Crippen LogP contribution in [0.15, 0.2) is 64.5 Å². The standard InChI is InChI=1S/C22H20FN3O2S/c1-13-18(14-5-3-2-4-6-14)25-22(26-20(13)27)29-19(21(28)24-17-11-12-17)15-7-9-16(23)10-8-15/h2-10,17,19H,11-12H2,1H3,(H,24,28)(H,25,26,27). The molecule has 1 fully saturated rings. The van der Waals surface area contributed by atoms with Crippen LogP contribution in [0.3, 0.4) is 0 Å². The molecule has 1 heterocycles. The summed E-state index contributed by atoms with van der Waals surface area (Å²) in [6.45, 7) is 1.72. The molecule has 1 saturated carbocycles. The van der Waals surface area contributed by atoms with Crippen LogP contribution in [0.2, 0.25) is 0 Å². The summed E-state index contributed by atoms with van der Waals surface area (Å²) < 4.78 is 13.4. The van der Waals surface area contributed by atoms with Crippen molar-refractivity contribution in [3.63, 3.8) is 0 Å². The molecule has 1 aliphatic rings. The van der Waals surface area contributed by atoms with Gasteiger partial charge in [-0.15, -0.1) is 0 Å². The number of carbonyl (C=O) groups excluding carboxylic acids is 1. The lowest BCUT2D eigenvalue weighted by atomic mass is 10.1. The summed E-state index contributed by atoms with van der Waals surface area (Å²) in [5.41, 5.74) is 2.33. The van der Waals surface area contributed by atoms with E-state index in [-0.39, 0.29) is 23.3 Å². The van der Waals surface area contributed by atoms with E-state index in [1.807, 2.05) is 30.3 Å². The number of hydrogen-bond acceptors (Lipinski definition) is 4. The van der Waals surface area contributed by atoms with Crippen LogP contribution >= 0.6 is 11.8 Å². The summed E-state index contributed by atoms with van der Waals surface area (Å²) in [5.74, 6) is -0.540. The second-order valence-electron chi connectivity index (χ2n) is 7.04. The van der Waals surface area contributed by atoms with Crippen LogP contribution in [0.25, 0.3) is 11.3 Å². The molecule has 29 heavy (non-hydrogen) atoms. The van der Waals surface area contributed by atoms with Crippen molar-refractivity contribution in [2.45, 2.75) is 36.2 Å². The van der Waals surface area contributed by atoms with Crippen LogP contribution in [0.5, 0.6) is 0 Å². The van der Waals surface area contributed by atoms with Crippen molar-refractivity contribution in [1.82, 2.24) is 15.3 Å². The Hall–Kier alpha value is -2.93. The molecule has 2 N–H and O–H groups in total. The van der Waals surface area contributed by atoms with Gasteiger partial charge in [0.2, 0.25) is 5.91 Å². The normalized spacial score (nSPS) is 14.4. The summed E-state index contributed by atoms with van der Waals surface area (Å²) in [4.78, 5) is 32.7. The number of nitrogens with zero attached hydrogens (tertiary/aromatic N) is 1. The lowest BCUT2D eigenvalue weighted by molar-refractivity contribution is -0.120. The SMILES string of the molecule is Cc1c(-c2ccccc2)nc(SC(C(=O)NC2CC2)c2ccc(F)cc2)[nH]c1=O. The minimum atomic E-state index is -0.648. The zero-order valence-electron chi connectivity index (χ0n) is 15.8. The fourth-order valence-electron chi connectivity index (χ4n) is 2.97. The van der Waals surface area contributed by atoms with Crippen molar-refractivity contribution in [1.29, 1.82) is 0 Å². The molecule has 0 bridgehead atoms. The molecule has 2 aromatic carbocycles. The van der Waals surface area contributed by atoms with E-state index in [0.717, 1.165) is 30.2 Å². The Bertz CT molecular complexity index is 1080. The van der Waals surface area contributed by atoms with Crippen LogP contribution in [0, 0.1) is 12.7 Å². The minimum absolute atomic E-state index is 0.173. The zero-order chi connectivity index (χ0) is 20.4. The first-order valence-electron chi connectivity index (χ1n) is 9.40. The van der Waals surface area contributed by atoms with Gasteiger partial charge in [-0.05, 0) is 37.5 Å². The van der Waals surface area contributed by atoms with Gasteiger partial charge in [-0.2, -0.15) is 0 Å². The number of benzene rings is 2. The van der Waals surface area contributed by atoms with Crippen LogP contribution in [-0.2, 0) is 4.79 Å². The van der Waals surface area contributed by atoms with Crippen molar-refractivity contribution < 1.29 is 9.18 Å². The molecule has 1 unspecified atom stereocenters. The molecule has 4 rings (SSSR count). The highest BCUT2D eigenvalue weighted by molar-refractivity contribution is 8.00. The maximum Gasteiger partial charge on any atom is 0.255 e. The van der Waals surface area contributed by atoms with E-state index >= 15 is 0 Å². The highest BCUT2D eigenvalue weighted by Gasteiger charge is 2.30. The maximum absolute atomic E-state index is 13.4. The Morgan fingerprint density at radius 2 is 1.86 bits per heavy atom. The molecule has 5 nitrogen and oxygen atoms in total. The first kappa shape index (κ1) is 19.4. The highest BCUT2D eigenvalue weighted by atomic mass is 32.2. The molecule has 1 aliphatic carbocycles. The largest absolute Gasteiger partial charge is 0.352 e. The van der Waals surface area contributed by atoms with E-state index in [1.54, 1.807) is 19.1 Å². The van der Waals surface area contributed by atoms with E-state index in [4.69, 9.17) is 0 Å². The third-order valence-corrected chi connectivity index (χ3v) is 5.88. The van der Waals surface area contributed by atoms with Gasteiger partial charge in [0.05, 0.1) is 5.69 Å². The second kappa shape index (κ2) is 8.21. The van der Waals surface area contributed by atoms with E-state index in [0.29, 0.717) is 22.0 Å². The molecule has 1 atom stereocenters. The summed E-state index contributed by atoms with van der Waals surface area (Å²) >= 11 is 1.16. The third kappa shape index (κ3) is 4.56. The summed E-state index contributed by atoms with van der Waals surface area (Å²) in [7, 11) is 0. The van der Waals surface area contributed by atoms with E-state index in [1.165, 1.54) is 12.1 Å².